The summed E-state index contributed by atoms with van der Waals surface area (Å²) in [6.45, 7) is 5.75. The lowest BCUT2D eigenvalue weighted by molar-refractivity contribution is 0.0695. The molecule has 0 amide bonds. The Hall–Kier alpha value is -2.35. The van der Waals surface area contributed by atoms with Crippen molar-refractivity contribution in [3.8, 4) is 0 Å². The molecule has 2 heteroatoms. The number of hydrogen-bond acceptors (Lipinski definition) is 1. The smallest absolute Gasteiger partial charge is 0.335 e. The van der Waals surface area contributed by atoms with Gasteiger partial charge in [0.15, 0.2) is 0 Å². The van der Waals surface area contributed by atoms with E-state index in [9.17, 15) is 9.90 Å². The number of aromatic carboxylic acids is 1. The highest BCUT2D eigenvalue weighted by atomic mass is 16.4. The average molecular weight is 252 g/mol. The zero-order valence-electron chi connectivity index (χ0n) is 10.8. The van der Waals surface area contributed by atoms with Gasteiger partial charge in [-0.3, -0.25) is 0 Å². The molecule has 0 saturated carbocycles. The molecular weight excluding hydrogens is 236 g/mol. The van der Waals surface area contributed by atoms with Gasteiger partial charge < -0.3 is 5.11 Å². The molecule has 1 unspecified atom stereocenters. The zero-order valence-corrected chi connectivity index (χ0v) is 10.8. The number of rotatable bonds is 4. The molecule has 2 nitrogen and oxygen atoms in total. The van der Waals surface area contributed by atoms with Crippen molar-refractivity contribution in [3.63, 3.8) is 0 Å². The van der Waals surface area contributed by atoms with Crippen molar-refractivity contribution in [2.24, 2.45) is 0 Å². The van der Waals surface area contributed by atoms with Gasteiger partial charge in [-0.1, -0.05) is 62.0 Å². The van der Waals surface area contributed by atoms with E-state index in [1.165, 1.54) is 0 Å². The minimum Gasteiger partial charge on any atom is -0.478 e. The number of benzene rings is 2. The summed E-state index contributed by atoms with van der Waals surface area (Å²) in [7, 11) is 0. The van der Waals surface area contributed by atoms with E-state index >= 15 is 0 Å². The molecule has 0 aliphatic carbocycles. The fourth-order valence-corrected chi connectivity index (χ4v) is 2.18. The quantitative estimate of drug-likeness (QED) is 0.886. The number of carbonyl (C=O) groups is 1. The van der Waals surface area contributed by atoms with Crippen molar-refractivity contribution in [1.82, 2.24) is 0 Å². The predicted molar refractivity (Wildman–Crippen MR) is 77.5 cm³/mol. The van der Waals surface area contributed by atoms with Gasteiger partial charge in [-0.15, -0.1) is 0 Å². The Bertz CT molecular complexity index is 600. The van der Waals surface area contributed by atoms with E-state index in [1.54, 1.807) is 18.2 Å². The van der Waals surface area contributed by atoms with Crippen LogP contribution in [0.5, 0.6) is 0 Å². The molecule has 0 aliphatic heterocycles. The van der Waals surface area contributed by atoms with Crippen LogP contribution in [0.4, 0.5) is 0 Å². The molecule has 19 heavy (non-hydrogen) atoms. The van der Waals surface area contributed by atoms with Crippen molar-refractivity contribution in [3.05, 3.63) is 77.4 Å². The molecule has 2 aromatic rings. The number of carboxylic acids is 1. The SMILES string of the molecule is C=Cc1ccc(C(=O)O)c(C(C)c2ccccc2)c1. The van der Waals surface area contributed by atoms with Crippen LogP contribution in [-0.2, 0) is 0 Å². The fraction of sp³-hybridized carbons (Fsp3) is 0.118. The van der Waals surface area contributed by atoms with E-state index in [0.29, 0.717) is 5.56 Å². The first kappa shape index (κ1) is 13.1. The maximum Gasteiger partial charge on any atom is 0.335 e. The maximum absolute atomic E-state index is 11.3. The van der Waals surface area contributed by atoms with Gasteiger partial charge in [-0.05, 0) is 22.8 Å². The molecule has 2 rings (SSSR count). The van der Waals surface area contributed by atoms with Gasteiger partial charge in [0.2, 0.25) is 0 Å². The van der Waals surface area contributed by atoms with Crippen molar-refractivity contribution in [2.45, 2.75) is 12.8 Å². The third-order valence-corrected chi connectivity index (χ3v) is 3.31. The summed E-state index contributed by atoms with van der Waals surface area (Å²) in [4.78, 5) is 11.3. The molecule has 0 fully saturated rings. The van der Waals surface area contributed by atoms with Gasteiger partial charge in [0.25, 0.3) is 0 Å². The number of hydrogen-bond donors (Lipinski definition) is 1. The maximum atomic E-state index is 11.3. The summed E-state index contributed by atoms with van der Waals surface area (Å²) in [6, 6.07) is 15.2. The molecule has 0 spiro atoms. The summed E-state index contributed by atoms with van der Waals surface area (Å²) < 4.78 is 0. The molecule has 0 aliphatic rings. The number of carboxylic acid groups (broad SMARTS) is 1. The Morgan fingerprint density at radius 1 is 1.21 bits per heavy atom. The van der Waals surface area contributed by atoms with Crippen molar-refractivity contribution in [1.29, 1.82) is 0 Å². The van der Waals surface area contributed by atoms with Crippen LogP contribution in [0.2, 0.25) is 0 Å². The first-order chi connectivity index (χ1) is 9.13. The van der Waals surface area contributed by atoms with Crippen LogP contribution in [0.25, 0.3) is 6.08 Å². The molecule has 0 aromatic heterocycles. The first-order valence-electron chi connectivity index (χ1n) is 6.18. The van der Waals surface area contributed by atoms with Gasteiger partial charge in [0.1, 0.15) is 0 Å². The fourth-order valence-electron chi connectivity index (χ4n) is 2.18. The van der Waals surface area contributed by atoms with E-state index in [1.807, 2.05) is 43.3 Å². The summed E-state index contributed by atoms with van der Waals surface area (Å²) >= 11 is 0. The van der Waals surface area contributed by atoms with E-state index in [2.05, 4.69) is 6.58 Å². The van der Waals surface area contributed by atoms with Crippen LogP contribution < -0.4 is 0 Å². The van der Waals surface area contributed by atoms with Crippen molar-refractivity contribution < 1.29 is 9.90 Å². The topological polar surface area (TPSA) is 37.3 Å². The Morgan fingerprint density at radius 2 is 1.89 bits per heavy atom. The summed E-state index contributed by atoms with van der Waals surface area (Å²) in [5.74, 6) is -0.861. The van der Waals surface area contributed by atoms with Crippen LogP contribution in [0, 0.1) is 0 Å². The molecule has 0 saturated heterocycles. The predicted octanol–water partition coefficient (Wildman–Crippen LogP) is 4.18. The summed E-state index contributed by atoms with van der Waals surface area (Å²) in [5, 5.41) is 9.30. The molecular formula is C17H16O2. The van der Waals surface area contributed by atoms with Crippen LogP contribution in [0.3, 0.4) is 0 Å². The van der Waals surface area contributed by atoms with E-state index in [-0.39, 0.29) is 5.92 Å². The van der Waals surface area contributed by atoms with Crippen molar-refractivity contribution in [2.75, 3.05) is 0 Å². The van der Waals surface area contributed by atoms with E-state index in [4.69, 9.17) is 0 Å². The Balaban J connectivity index is 2.53. The minimum atomic E-state index is -0.895. The standard InChI is InChI=1S/C17H16O2/c1-3-13-9-10-15(17(18)19)16(11-13)12(2)14-7-5-4-6-8-14/h3-12H,1H2,2H3,(H,18,19). The highest BCUT2D eigenvalue weighted by Gasteiger charge is 2.17. The lowest BCUT2D eigenvalue weighted by atomic mass is 9.88. The second kappa shape index (κ2) is 5.53. The lowest BCUT2D eigenvalue weighted by Gasteiger charge is -2.16. The molecule has 0 bridgehead atoms. The Kier molecular flexibility index (Phi) is 3.81. The van der Waals surface area contributed by atoms with Gasteiger partial charge in [-0.25, -0.2) is 4.79 Å². The van der Waals surface area contributed by atoms with Crippen LogP contribution in [0.15, 0.2) is 55.1 Å². The normalized spacial score (nSPS) is 11.8. The molecule has 1 N–H and O–H groups in total. The summed E-state index contributed by atoms with van der Waals surface area (Å²) in [6.07, 6.45) is 1.73. The molecule has 0 radical (unpaired) electrons. The molecule has 2 aromatic carbocycles. The molecule has 1 atom stereocenters. The van der Waals surface area contributed by atoms with Gasteiger partial charge in [-0.2, -0.15) is 0 Å². The second-order valence-electron chi connectivity index (χ2n) is 4.49. The van der Waals surface area contributed by atoms with Gasteiger partial charge in [0, 0.05) is 5.92 Å². The largest absolute Gasteiger partial charge is 0.478 e. The second-order valence-corrected chi connectivity index (χ2v) is 4.49. The van der Waals surface area contributed by atoms with E-state index < -0.39 is 5.97 Å². The Morgan fingerprint density at radius 3 is 2.47 bits per heavy atom. The third-order valence-electron chi connectivity index (χ3n) is 3.31. The Labute approximate surface area is 113 Å². The monoisotopic (exact) mass is 252 g/mol. The van der Waals surface area contributed by atoms with E-state index in [0.717, 1.165) is 16.7 Å². The molecule has 96 valence electrons. The zero-order chi connectivity index (χ0) is 13.8. The average Bonchev–Trinajstić information content (AvgIpc) is 2.46. The van der Waals surface area contributed by atoms with Crippen LogP contribution >= 0.6 is 0 Å². The van der Waals surface area contributed by atoms with Crippen molar-refractivity contribution >= 4 is 12.0 Å². The van der Waals surface area contributed by atoms with Crippen LogP contribution in [0.1, 0.15) is 39.9 Å². The van der Waals surface area contributed by atoms with Crippen LogP contribution in [-0.4, -0.2) is 11.1 Å². The van der Waals surface area contributed by atoms with Gasteiger partial charge >= 0.3 is 5.97 Å². The summed E-state index contributed by atoms with van der Waals surface area (Å²) in [5.41, 5.74) is 3.20. The first-order valence-corrected chi connectivity index (χ1v) is 6.18. The lowest BCUT2D eigenvalue weighted by Crippen LogP contribution is -2.06. The minimum absolute atomic E-state index is 0.0344. The third kappa shape index (κ3) is 2.74. The molecule has 0 heterocycles. The highest BCUT2D eigenvalue weighted by Crippen LogP contribution is 2.28. The van der Waals surface area contributed by atoms with Gasteiger partial charge in [0.05, 0.1) is 5.56 Å². The highest BCUT2D eigenvalue weighted by molar-refractivity contribution is 5.90.